The van der Waals surface area contributed by atoms with Crippen LogP contribution in [0.15, 0.2) is 41.6 Å². The molecule has 2 aromatic rings. The monoisotopic (exact) mass is 289 g/mol. The summed E-state index contributed by atoms with van der Waals surface area (Å²) in [5.41, 5.74) is 1.06. The number of nitrogens with one attached hydrogen (secondary N) is 1. The van der Waals surface area contributed by atoms with Crippen molar-refractivity contribution in [2.24, 2.45) is 0 Å². The second-order valence-electron chi connectivity index (χ2n) is 4.33. The Morgan fingerprint density at radius 2 is 1.85 bits per heavy atom. The summed E-state index contributed by atoms with van der Waals surface area (Å²) < 4.78 is 5.61. The molecule has 2 rings (SSSR count). The van der Waals surface area contributed by atoms with Crippen molar-refractivity contribution in [2.45, 2.75) is 24.8 Å². The van der Waals surface area contributed by atoms with E-state index in [1.165, 1.54) is 4.90 Å². The van der Waals surface area contributed by atoms with E-state index >= 15 is 0 Å². The molecule has 4 nitrogen and oxygen atoms in total. The summed E-state index contributed by atoms with van der Waals surface area (Å²) in [6, 6.07) is 8.25. The molecule has 1 aromatic heterocycles. The molecule has 0 atom stereocenters. The van der Waals surface area contributed by atoms with Gasteiger partial charge in [-0.2, -0.15) is 0 Å². The molecule has 0 saturated heterocycles. The molecule has 5 heteroatoms. The van der Waals surface area contributed by atoms with Gasteiger partial charge in [-0.05, 0) is 43.5 Å². The first-order chi connectivity index (χ1) is 9.81. The first-order valence-electron chi connectivity index (χ1n) is 6.65. The Labute approximate surface area is 124 Å². The summed E-state index contributed by atoms with van der Waals surface area (Å²) in [6.45, 7) is 3.93. The first-order valence-corrected chi connectivity index (χ1v) is 7.88. The van der Waals surface area contributed by atoms with Gasteiger partial charge in [-0.25, -0.2) is 9.97 Å². The lowest BCUT2D eigenvalue weighted by Crippen LogP contribution is -2.14. The zero-order chi connectivity index (χ0) is 14.2. The van der Waals surface area contributed by atoms with E-state index in [0.29, 0.717) is 6.01 Å². The van der Waals surface area contributed by atoms with E-state index in [2.05, 4.69) is 22.2 Å². The number of benzene rings is 1. The molecule has 0 aliphatic carbocycles. The summed E-state index contributed by atoms with van der Waals surface area (Å²) in [6.07, 6.45) is 6.75. The standard InChI is InChI=1S/C15H19N3OS/c1-3-8-16-9-12-10-17-15(18-11-12)19-13-4-6-14(20-2)7-5-13/h4-7,10-11,16H,3,8-9H2,1-2H3. The van der Waals surface area contributed by atoms with Crippen molar-refractivity contribution in [1.82, 2.24) is 15.3 Å². The van der Waals surface area contributed by atoms with Crippen LogP contribution >= 0.6 is 11.8 Å². The Morgan fingerprint density at radius 3 is 2.45 bits per heavy atom. The number of hydrogen-bond acceptors (Lipinski definition) is 5. The number of aromatic nitrogens is 2. The van der Waals surface area contributed by atoms with Crippen LogP contribution in [0, 0.1) is 0 Å². The summed E-state index contributed by atoms with van der Waals surface area (Å²) in [5, 5.41) is 3.31. The van der Waals surface area contributed by atoms with E-state index in [1.54, 1.807) is 24.2 Å². The van der Waals surface area contributed by atoms with E-state index < -0.39 is 0 Å². The molecule has 0 aliphatic heterocycles. The van der Waals surface area contributed by atoms with Gasteiger partial charge in [0.05, 0.1) is 0 Å². The Kier molecular flexibility index (Phi) is 5.83. The van der Waals surface area contributed by atoms with Crippen LogP contribution in [0.1, 0.15) is 18.9 Å². The summed E-state index contributed by atoms with van der Waals surface area (Å²) in [7, 11) is 0. The van der Waals surface area contributed by atoms with Gasteiger partial charge < -0.3 is 10.1 Å². The van der Waals surface area contributed by atoms with Gasteiger partial charge in [0.25, 0.3) is 0 Å². The van der Waals surface area contributed by atoms with Gasteiger partial charge in [-0.3, -0.25) is 0 Å². The zero-order valence-corrected chi connectivity index (χ0v) is 12.6. The molecule has 0 saturated carbocycles. The summed E-state index contributed by atoms with van der Waals surface area (Å²) in [4.78, 5) is 9.64. The highest BCUT2D eigenvalue weighted by atomic mass is 32.2. The summed E-state index contributed by atoms with van der Waals surface area (Å²) >= 11 is 1.70. The number of ether oxygens (including phenoxy) is 1. The maximum atomic E-state index is 5.61. The van der Waals surface area contributed by atoms with E-state index in [0.717, 1.165) is 30.8 Å². The molecule has 0 unspecified atom stereocenters. The lowest BCUT2D eigenvalue weighted by molar-refractivity contribution is 0.440. The van der Waals surface area contributed by atoms with Gasteiger partial charge in [-0.1, -0.05) is 6.92 Å². The average molecular weight is 289 g/mol. The lowest BCUT2D eigenvalue weighted by atomic mass is 10.3. The van der Waals surface area contributed by atoms with Crippen molar-refractivity contribution in [3.05, 3.63) is 42.2 Å². The van der Waals surface area contributed by atoms with Crippen molar-refractivity contribution in [2.75, 3.05) is 12.8 Å². The molecular formula is C15H19N3OS. The predicted molar refractivity (Wildman–Crippen MR) is 82.3 cm³/mol. The van der Waals surface area contributed by atoms with E-state index in [4.69, 9.17) is 4.74 Å². The van der Waals surface area contributed by atoms with Gasteiger partial charge in [0.1, 0.15) is 5.75 Å². The molecule has 1 heterocycles. The van der Waals surface area contributed by atoms with Gasteiger partial charge in [-0.15, -0.1) is 11.8 Å². The van der Waals surface area contributed by atoms with Crippen molar-refractivity contribution in [1.29, 1.82) is 0 Å². The van der Waals surface area contributed by atoms with Crippen molar-refractivity contribution >= 4 is 11.8 Å². The maximum absolute atomic E-state index is 5.61. The number of hydrogen-bond donors (Lipinski definition) is 1. The normalized spacial score (nSPS) is 10.5. The Balaban J connectivity index is 1.92. The fourth-order valence-corrected chi connectivity index (χ4v) is 2.05. The van der Waals surface area contributed by atoms with Crippen LogP contribution in [0.4, 0.5) is 0 Å². The molecule has 0 radical (unpaired) electrons. The highest BCUT2D eigenvalue weighted by Gasteiger charge is 2.01. The van der Waals surface area contributed by atoms with Gasteiger partial charge >= 0.3 is 6.01 Å². The minimum Gasteiger partial charge on any atom is -0.424 e. The van der Waals surface area contributed by atoms with Crippen molar-refractivity contribution in [3.8, 4) is 11.8 Å². The van der Waals surface area contributed by atoms with Crippen LogP contribution in [0.2, 0.25) is 0 Å². The van der Waals surface area contributed by atoms with E-state index in [1.807, 2.05) is 30.5 Å². The first kappa shape index (κ1) is 14.8. The van der Waals surface area contributed by atoms with Gasteiger partial charge in [0.15, 0.2) is 0 Å². The van der Waals surface area contributed by atoms with Crippen LogP contribution in [0.3, 0.4) is 0 Å². The van der Waals surface area contributed by atoms with Crippen LogP contribution in [-0.2, 0) is 6.54 Å². The number of thioether (sulfide) groups is 1. The highest BCUT2D eigenvalue weighted by molar-refractivity contribution is 7.98. The van der Waals surface area contributed by atoms with Crippen molar-refractivity contribution in [3.63, 3.8) is 0 Å². The topological polar surface area (TPSA) is 47.0 Å². The highest BCUT2D eigenvalue weighted by Crippen LogP contribution is 2.21. The minimum absolute atomic E-state index is 0.376. The smallest absolute Gasteiger partial charge is 0.321 e. The minimum atomic E-state index is 0.376. The molecular weight excluding hydrogens is 270 g/mol. The average Bonchev–Trinajstić information content (AvgIpc) is 2.50. The van der Waals surface area contributed by atoms with E-state index in [-0.39, 0.29) is 0 Å². The largest absolute Gasteiger partial charge is 0.424 e. The third-order valence-corrected chi connectivity index (χ3v) is 3.45. The SMILES string of the molecule is CCCNCc1cnc(Oc2ccc(SC)cc2)nc1. The number of rotatable bonds is 7. The molecule has 20 heavy (non-hydrogen) atoms. The van der Waals surface area contributed by atoms with Crippen LogP contribution in [-0.4, -0.2) is 22.8 Å². The second kappa shape index (κ2) is 7.87. The second-order valence-corrected chi connectivity index (χ2v) is 5.21. The van der Waals surface area contributed by atoms with Crippen molar-refractivity contribution < 1.29 is 4.74 Å². The third kappa shape index (κ3) is 4.51. The zero-order valence-electron chi connectivity index (χ0n) is 11.8. The molecule has 0 amide bonds. The predicted octanol–water partition coefficient (Wildman–Crippen LogP) is 3.49. The molecule has 1 N–H and O–H groups in total. The van der Waals surface area contributed by atoms with Crippen LogP contribution < -0.4 is 10.1 Å². The quantitative estimate of drug-likeness (QED) is 0.624. The fourth-order valence-electron chi connectivity index (χ4n) is 1.65. The van der Waals surface area contributed by atoms with E-state index in [9.17, 15) is 0 Å². The maximum Gasteiger partial charge on any atom is 0.321 e. The molecule has 0 fully saturated rings. The third-order valence-electron chi connectivity index (χ3n) is 2.71. The molecule has 0 spiro atoms. The van der Waals surface area contributed by atoms with Crippen LogP contribution in [0.25, 0.3) is 0 Å². The van der Waals surface area contributed by atoms with Crippen LogP contribution in [0.5, 0.6) is 11.8 Å². The molecule has 1 aromatic carbocycles. The van der Waals surface area contributed by atoms with Gasteiger partial charge in [0, 0.05) is 29.4 Å². The Morgan fingerprint density at radius 1 is 1.15 bits per heavy atom. The van der Waals surface area contributed by atoms with Gasteiger partial charge in [0.2, 0.25) is 0 Å². The summed E-state index contributed by atoms with van der Waals surface area (Å²) in [5.74, 6) is 0.750. The molecule has 106 valence electrons. The Hall–Kier alpha value is -1.59. The number of nitrogens with zero attached hydrogens (tertiary/aromatic N) is 2. The Bertz CT molecular complexity index is 514. The molecule has 0 bridgehead atoms. The lowest BCUT2D eigenvalue weighted by Gasteiger charge is -2.06. The fraction of sp³-hybridized carbons (Fsp3) is 0.333. The molecule has 0 aliphatic rings.